The van der Waals surface area contributed by atoms with Gasteiger partial charge in [0.25, 0.3) is 0 Å². The number of hydrogen-bond acceptors (Lipinski definition) is 8. The van der Waals surface area contributed by atoms with Gasteiger partial charge in [-0.1, -0.05) is 98.7 Å². The molecule has 0 radical (unpaired) electrons. The maximum absolute atomic E-state index is 14.7. The van der Waals surface area contributed by atoms with Gasteiger partial charge in [-0.2, -0.15) is 0 Å². The van der Waals surface area contributed by atoms with Gasteiger partial charge in [0.1, 0.15) is 19.3 Å². The zero-order chi connectivity index (χ0) is 48.7. The molecule has 0 saturated carbocycles. The number of ether oxygens (including phenoxy) is 2. The SMILES string of the molecule is CC(C)(C)c1ccc(I)cc1.CC(C)(C)c1ccc(N2CC[C@@H](C(=O)N[C@H](CN3CCCC3)[C@H](O)c3cc(F)c4c(c3)OCCO4)C2)cc1.CC(C)(C)c1ccc(N2CC[C@@H](C(=O)O)C2)cc1. The van der Waals surface area contributed by atoms with E-state index in [-0.39, 0.29) is 39.7 Å². The molecule has 4 aromatic rings. The Balaban J connectivity index is 0.000000209. The molecule has 4 aromatic carbocycles. The Bertz CT molecular complexity index is 2250. The number of benzene rings is 4. The van der Waals surface area contributed by atoms with Gasteiger partial charge in [0, 0.05) is 47.7 Å². The van der Waals surface area contributed by atoms with Gasteiger partial charge in [-0.15, -0.1) is 0 Å². The van der Waals surface area contributed by atoms with Crippen LogP contribution in [0.5, 0.6) is 11.5 Å². The van der Waals surface area contributed by atoms with Gasteiger partial charge in [0.15, 0.2) is 17.3 Å². The van der Waals surface area contributed by atoms with Gasteiger partial charge in [0.05, 0.1) is 17.9 Å². The highest BCUT2D eigenvalue weighted by molar-refractivity contribution is 14.1. The third kappa shape index (κ3) is 14.3. The molecule has 4 atom stereocenters. The van der Waals surface area contributed by atoms with Crippen molar-refractivity contribution in [3.8, 4) is 11.5 Å². The number of nitrogens with one attached hydrogen (secondary N) is 1. The number of aliphatic carboxylic acids is 1. The zero-order valence-corrected chi connectivity index (χ0v) is 43.4. The van der Waals surface area contributed by atoms with Crippen molar-refractivity contribution in [3.05, 3.63) is 117 Å². The third-order valence-corrected chi connectivity index (χ3v) is 14.0. The molecule has 3 N–H and O–H groups in total. The maximum Gasteiger partial charge on any atom is 0.308 e. The van der Waals surface area contributed by atoms with Gasteiger partial charge < -0.3 is 39.7 Å². The Labute approximate surface area is 412 Å². The summed E-state index contributed by atoms with van der Waals surface area (Å²) in [6, 6.07) is 28.1. The van der Waals surface area contributed by atoms with E-state index in [1.807, 2.05) is 0 Å². The number of carboxylic acids is 1. The predicted molar refractivity (Wildman–Crippen MR) is 276 cm³/mol. The Morgan fingerprint density at radius 2 is 1.16 bits per heavy atom. The fraction of sp³-hybridized carbons (Fsp3) is 0.527. The third-order valence-electron chi connectivity index (χ3n) is 13.3. The van der Waals surface area contributed by atoms with Crippen molar-refractivity contribution in [2.75, 3.05) is 68.8 Å². The van der Waals surface area contributed by atoms with E-state index in [2.05, 4.69) is 178 Å². The number of aliphatic hydroxyl groups excluding tert-OH is 1. The lowest BCUT2D eigenvalue weighted by Crippen LogP contribution is -2.48. The van der Waals surface area contributed by atoms with Crippen LogP contribution in [0, 0.1) is 21.2 Å². The number of nitrogens with zero attached hydrogens (tertiary/aromatic N) is 3. The van der Waals surface area contributed by atoms with Crippen LogP contribution < -0.4 is 24.6 Å². The van der Waals surface area contributed by atoms with Crippen molar-refractivity contribution in [2.45, 2.75) is 116 Å². The highest BCUT2D eigenvalue weighted by Crippen LogP contribution is 2.37. The molecular weight excluding hydrogens is 959 g/mol. The topological polar surface area (TPSA) is 115 Å². The number of fused-ring (bicyclic) bond motifs is 1. The van der Waals surface area contributed by atoms with Crippen LogP contribution in [0.1, 0.15) is 116 Å². The van der Waals surface area contributed by atoms with E-state index in [1.54, 1.807) is 6.07 Å². The van der Waals surface area contributed by atoms with E-state index in [9.17, 15) is 19.1 Å². The first-order valence-corrected chi connectivity index (χ1v) is 25.1. The Hall–Kier alpha value is -4.40. The van der Waals surface area contributed by atoms with Crippen molar-refractivity contribution >= 4 is 45.8 Å². The number of carbonyl (C=O) groups is 2. The molecule has 67 heavy (non-hydrogen) atoms. The molecule has 4 aliphatic heterocycles. The quantitative estimate of drug-likeness (QED) is 0.141. The largest absolute Gasteiger partial charge is 0.486 e. The number of carboxylic acid groups (broad SMARTS) is 1. The van der Waals surface area contributed by atoms with Crippen LogP contribution in [0.2, 0.25) is 0 Å². The summed E-state index contributed by atoms with van der Waals surface area (Å²) in [5.41, 5.74) is 7.15. The average Bonchev–Trinajstić information content (AvgIpc) is 4.10. The first kappa shape index (κ1) is 52.0. The highest BCUT2D eigenvalue weighted by Gasteiger charge is 2.34. The van der Waals surface area contributed by atoms with E-state index in [0.717, 1.165) is 63.2 Å². The summed E-state index contributed by atoms with van der Waals surface area (Å²) in [7, 11) is 0. The summed E-state index contributed by atoms with van der Waals surface area (Å²) in [5, 5.41) is 23.5. The minimum Gasteiger partial charge on any atom is -0.486 e. The van der Waals surface area contributed by atoms with Crippen LogP contribution in [-0.2, 0) is 25.8 Å². The monoisotopic (exact) mass is 1030 g/mol. The Morgan fingerprint density at radius 1 is 0.701 bits per heavy atom. The fourth-order valence-electron chi connectivity index (χ4n) is 9.00. The van der Waals surface area contributed by atoms with Crippen molar-refractivity contribution < 1.29 is 33.7 Å². The first-order chi connectivity index (χ1) is 31.6. The second-order valence-corrected chi connectivity index (χ2v) is 22.9. The van der Waals surface area contributed by atoms with E-state index in [1.165, 1.54) is 26.3 Å². The molecule has 4 aliphatic rings. The van der Waals surface area contributed by atoms with E-state index < -0.39 is 23.9 Å². The summed E-state index contributed by atoms with van der Waals surface area (Å²) in [6.07, 6.45) is 2.61. The van der Waals surface area contributed by atoms with Gasteiger partial charge in [-0.05, 0) is 148 Å². The standard InChI is InChI=1S/C30H40FN3O4.C15H21NO2.C10H13I/c1-30(2,3)22-6-8-23(9-7-22)34-13-10-20(18-34)29(36)32-25(19-33-11-4-5-12-33)27(35)21-16-24(31)28-26(17-21)37-14-15-38-28;1-15(2,3)12-4-6-13(7-5-12)16-9-8-11(10-16)14(17)18;1-10(2,3)8-4-6-9(11)7-5-8/h6-9,16-17,20,25,27,35H,4-5,10-15,18-19H2,1-3H3,(H,32,36);4-7,11H,8-10H2,1-3H3,(H,17,18);4-7H,1-3H3/t20-,25-,27-;11-;/m11./s1. The normalized spacial score (nSPS) is 19.5. The van der Waals surface area contributed by atoms with Crippen LogP contribution in [-0.4, -0.2) is 92.1 Å². The zero-order valence-electron chi connectivity index (χ0n) is 41.2. The van der Waals surface area contributed by atoms with Crippen LogP contribution in [0.3, 0.4) is 0 Å². The number of halogens is 2. The molecule has 8 rings (SSSR count). The number of hydrogen-bond donors (Lipinski definition) is 3. The number of aliphatic hydroxyl groups is 1. The molecule has 10 nitrogen and oxygen atoms in total. The van der Waals surface area contributed by atoms with Crippen LogP contribution in [0.4, 0.5) is 15.8 Å². The summed E-state index contributed by atoms with van der Waals surface area (Å²) >= 11 is 2.32. The molecule has 0 aliphatic carbocycles. The molecule has 0 bridgehead atoms. The maximum atomic E-state index is 14.7. The van der Waals surface area contributed by atoms with Crippen LogP contribution >= 0.6 is 22.6 Å². The summed E-state index contributed by atoms with van der Waals surface area (Å²) in [6.45, 7) is 25.8. The molecule has 1 amide bonds. The molecule has 364 valence electrons. The van der Waals surface area contributed by atoms with E-state index in [0.29, 0.717) is 44.2 Å². The van der Waals surface area contributed by atoms with Gasteiger partial charge in [-0.25, -0.2) is 4.39 Å². The minimum atomic E-state index is -1.08. The lowest BCUT2D eigenvalue weighted by atomic mass is 9.87. The predicted octanol–water partition coefficient (Wildman–Crippen LogP) is 10.5. The Morgan fingerprint density at radius 3 is 1.64 bits per heavy atom. The van der Waals surface area contributed by atoms with Crippen molar-refractivity contribution in [1.82, 2.24) is 10.2 Å². The molecule has 0 aromatic heterocycles. The lowest BCUT2D eigenvalue weighted by molar-refractivity contribution is -0.141. The number of carbonyl (C=O) groups excluding carboxylic acids is 1. The second-order valence-electron chi connectivity index (χ2n) is 21.6. The summed E-state index contributed by atoms with van der Waals surface area (Å²) in [4.78, 5) is 31.0. The fourth-order valence-corrected chi connectivity index (χ4v) is 9.36. The first-order valence-electron chi connectivity index (χ1n) is 24.1. The molecular formula is C55H74FIN4O6. The molecule has 12 heteroatoms. The highest BCUT2D eigenvalue weighted by atomic mass is 127. The average molecular weight is 1030 g/mol. The smallest absolute Gasteiger partial charge is 0.308 e. The van der Waals surface area contributed by atoms with Crippen LogP contribution in [0.25, 0.3) is 0 Å². The number of anilines is 2. The molecule has 4 heterocycles. The summed E-state index contributed by atoms with van der Waals surface area (Å²) < 4.78 is 27.0. The van der Waals surface area contributed by atoms with E-state index in [4.69, 9.17) is 14.6 Å². The van der Waals surface area contributed by atoms with Crippen molar-refractivity contribution in [1.29, 1.82) is 0 Å². The second kappa shape index (κ2) is 22.4. The minimum absolute atomic E-state index is 0.0694. The van der Waals surface area contributed by atoms with Gasteiger partial charge in [-0.3, -0.25) is 9.59 Å². The Kier molecular flexibility index (Phi) is 17.3. The van der Waals surface area contributed by atoms with Crippen molar-refractivity contribution in [2.24, 2.45) is 11.8 Å². The lowest BCUT2D eigenvalue weighted by Gasteiger charge is -2.30. The number of amides is 1. The molecule has 3 fully saturated rings. The van der Waals surface area contributed by atoms with Crippen molar-refractivity contribution in [3.63, 3.8) is 0 Å². The molecule has 0 spiro atoms. The van der Waals surface area contributed by atoms with Crippen LogP contribution in [0.15, 0.2) is 84.9 Å². The van der Waals surface area contributed by atoms with Gasteiger partial charge >= 0.3 is 5.97 Å². The van der Waals surface area contributed by atoms with Gasteiger partial charge in [0.2, 0.25) is 5.91 Å². The molecule has 3 saturated heterocycles. The number of rotatable bonds is 9. The number of likely N-dealkylation sites (tertiary alicyclic amines) is 1. The summed E-state index contributed by atoms with van der Waals surface area (Å²) in [5.74, 6) is -1.33. The molecule has 0 unspecified atom stereocenters. The van der Waals surface area contributed by atoms with E-state index >= 15 is 0 Å².